The van der Waals surface area contributed by atoms with Crippen molar-refractivity contribution in [2.45, 2.75) is 53.1 Å². The van der Waals surface area contributed by atoms with Gasteiger partial charge in [0.25, 0.3) is 0 Å². The maximum Gasteiger partial charge on any atom is 0.242 e. The van der Waals surface area contributed by atoms with Crippen LogP contribution in [0.25, 0.3) is 0 Å². The summed E-state index contributed by atoms with van der Waals surface area (Å²) < 4.78 is 10.8. The fourth-order valence-corrected chi connectivity index (χ4v) is 3.53. The van der Waals surface area contributed by atoms with Crippen LogP contribution in [0.15, 0.2) is 42.5 Å². The normalized spacial score (nSPS) is 13.2. The van der Waals surface area contributed by atoms with Gasteiger partial charge in [0, 0.05) is 19.5 Å². The summed E-state index contributed by atoms with van der Waals surface area (Å²) >= 11 is 0. The van der Waals surface area contributed by atoms with E-state index in [9.17, 15) is 9.59 Å². The van der Waals surface area contributed by atoms with Crippen LogP contribution >= 0.6 is 0 Å². The average molecular weight is 425 g/mol. The van der Waals surface area contributed by atoms with Crippen molar-refractivity contribution in [2.24, 2.45) is 5.92 Å². The van der Waals surface area contributed by atoms with Crippen molar-refractivity contribution in [1.82, 2.24) is 10.2 Å². The second kappa shape index (κ2) is 10.3. The van der Waals surface area contributed by atoms with Crippen LogP contribution in [-0.2, 0) is 22.6 Å². The Morgan fingerprint density at radius 3 is 2.55 bits per heavy atom. The van der Waals surface area contributed by atoms with Crippen molar-refractivity contribution in [3.8, 4) is 11.5 Å². The number of carbonyl (C=O) groups excluding carboxylic acids is 2. The maximum atomic E-state index is 13.2. The number of amides is 2. The van der Waals surface area contributed by atoms with E-state index in [1.807, 2.05) is 57.2 Å². The summed E-state index contributed by atoms with van der Waals surface area (Å²) in [5.41, 5.74) is 3.15. The maximum absolute atomic E-state index is 13.2. The van der Waals surface area contributed by atoms with Crippen LogP contribution in [-0.4, -0.2) is 36.1 Å². The number of hydrogen-bond donors (Lipinski definition) is 1. The Labute approximate surface area is 184 Å². The van der Waals surface area contributed by atoms with Gasteiger partial charge < -0.3 is 19.7 Å². The molecule has 0 saturated heterocycles. The molecule has 1 heterocycles. The van der Waals surface area contributed by atoms with Gasteiger partial charge in [-0.15, -0.1) is 0 Å². The molecule has 0 bridgehead atoms. The molecule has 6 nitrogen and oxygen atoms in total. The Hall–Kier alpha value is -3.02. The molecule has 2 aromatic rings. The minimum atomic E-state index is -0.552. The van der Waals surface area contributed by atoms with E-state index in [0.717, 1.165) is 22.4 Å². The molecule has 1 atom stereocenters. The number of hydrogen-bond acceptors (Lipinski definition) is 4. The van der Waals surface area contributed by atoms with Gasteiger partial charge in [0.1, 0.15) is 6.04 Å². The van der Waals surface area contributed by atoms with E-state index in [0.29, 0.717) is 37.6 Å². The van der Waals surface area contributed by atoms with Crippen molar-refractivity contribution in [3.63, 3.8) is 0 Å². The van der Waals surface area contributed by atoms with Gasteiger partial charge in [0.15, 0.2) is 11.5 Å². The second-order valence-corrected chi connectivity index (χ2v) is 8.51. The highest BCUT2D eigenvalue weighted by atomic mass is 16.7. The number of carbonyl (C=O) groups is 2. The third-order valence-corrected chi connectivity index (χ3v) is 5.35. The van der Waals surface area contributed by atoms with Crippen molar-refractivity contribution in [2.75, 3.05) is 13.3 Å². The molecule has 31 heavy (non-hydrogen) atoms. The molecule has 2 amide bonds. The van der Waals surface area contributed by atoms with Gasteiger partial charge in [-0.05, 0) is 49.4 Å². The van der Waals surface area contributed by atoms with E-state index in [1.54, 1.807) is 11.8 Å². The van der Waals surface area contributed by atoms with Gasteiger partial charge in [0.2, 0.25) is 18.6 Å². The number of nitrogens with one attached hydrogen (secondary N) is 1. The lowest BCUT2D eigenvalue weighted by atomic mass is 10.1. The number of benzene rings is 2. The Morgan fingerprint density at radius 2 is 1.81 bits per heavy atom. The van der Waals surface area contributed by atoms with E-state index >= 15 is 0 Å². The topological polar surface area (TPSA) is 67.9 Å². The van der Waals surface area contributed by atoms with Crippen molar-refractivity contribution >= 4 is 11.8 Å². The highest BCUT2D eigenvalue weighted by Gasteiger charge is 2.26. The predicted molar refractivity (Wildman–Crippen MR) is 120 cm³/mol. The molecular weight excluding hydrogens is 392 g/mol. The lowest BCUT2D eigenvalue weighted by Crippen LogP contribution is -2.48. The van der Waals surface area contributed by atoms with Crippen LogP contribution < -0.4 is 14.8 Å². The van der Waals surface area contributed by atoms with E-state index in [4.69, 9.17) is 9.47 Å². The van der Waals surface area contributed by atoms with Gasteiger partial charge in [-0.25, -0.2) is 0 Å². The zero-order chi connectivity index (χ0) is 22.4. The molecule has 1 N–H and O–H groups in total. The number of ether oxygens (including phenoxy) is 2. The molecule has 1 aliphatic heterocycles. The Bertz CT molecular complexity index is 925. The molecular formula is C25H32N2O4. The summed E-state index contributed by atoms with van der Waals surface area (Å²) in [6.07, 6.45) is 0.882. The smallest absolute Gasteiger partial charge is 0.242 e. The lowest BCUT2D eigenvalue weighted by molar-refractivity contribution is -0.140. The molecule has 0 fully saturated rings. The fraction of sp³-hybridized carbons (Fsp3) is 0.440. The van der Waals surface area contributed by atoms with Crippen molar-refractivity contribution in [3.05, 3.63) is 59.2 Å². The monoisotopic (exact) mass is 424 g/mol. The zero-order valence-corrected chi connectivity index (χ0v) is 18.8. The molecule has 1 aliphatic rings. The average Bonchev–Trinajstić information content (AvgIpc) is 3.21. The molecule has 1 unspecified atom stereocenters. The number of aryl methyl sites for hydroxylation is 2. The van der Waals surface area contributed by atoms with E-state index in [-0.39, 0.29) is 18.6 Å². The number of fused-ring (bicyclic) bond motifs is 1. The summed E-state index contributed by atoms with van der Waals surface area (Å²) in [5.74, 6) is 1.61. The largest absolute Gasteiger partial charge is 0.454 e. The van der Waals surface area contributed by atoms with Crippen molar-refractivity contribution < 1.29 is 19.1 Å². The standard InChI is InChI=1S/C25H32N2O4/c1-17(2)14-26-25(29)19(4)27(15-21-7-5-6-18(3)12-21)24(28)11-9-20-8-10-22-23(13-20)31-16-30-22/h5-8,10,12-13,17,19H,9,11,14-16H2,1-4H3,(H,26,29). The predicted octanol–water partition coefficient (Wildman–Crippen LogP) is 3.85. The number of rotatable bonds is 9. The van der Waals surface area contributed by atoms with Gasteiger partial charge in [-0.2, -0.15) is 0 Å². The fourth-order valence-electron chi connectivity index (χ4n) is 3.53. The molecule has 2 aromatic carbocycles. The molecule has 0 aromatic heterocycles. The van der Waals surface area contributed by atoms with E-state index in [2.05, 4.69) is 11.4 Å². The van der Waals surface area contributed by atoms with Gasteiger partial charge >= 0.3 is 0 Å². The van der Waals surface area contributed by atoms with E-state index < -0.39 is 6.04 Å². The molecule has 0 radical (unpaired) electrons. The first kappa shape index (κ1) is 22.7. The van der Waals surface area contributed by atoms with Gasteiger partial charge in [0.05, 0.1) is 0 Å². The highest BCUT2D eigenvalue weighted by Crippen LogP contribution is 2.32. The molecule has 0 spiro atoms. The molecule has 0 saturated carbocycles. The summed E-state index contributed by atoms with van der Waals surface area (Å²) in [5, 5.41) is 2.95. The minimum Gasteiger partial charge on any atom is -0.454 e. The van der Waals surface area contributed by atoms with Crippen LogP contribution in [0.5, 0.6) is 11.5 Å². The quantitative estimate of drug-likeness (QED) is 0.664. The molecule has 6 heteroatoms. The summed E-state index contributed by atoms with van der Waals surface area (Å²) in [4.78, 5) is 27.6. The SMILES string of the molecule is Cc1cccc(CN(C(=O)CCc2ccc3c(c2)OCO3)C(C)C(=O)NCC(C)C)c1. The van der Waals surface area contributed by atoms with E-state index in [1.165, 1.54) is 0 Å². The Balaban J connectivity index is 1.70. The first-order valence-corrected chi connectivity index (χ1v) is 10.8. The summed E-state index contributed by atoms with van der Waals surface area (Å²) in [6.45, 7) is 9.13. The third-order valence-electron chi connectivity index (χ3n) is 5.35. The van der Waals surface area contributed by atoms with Crippen molar-refractivity contribution in [1.29, 1.82) is 0 Å². The Morgan fingerprint density at radius 1 is 1.03 bits per heavy atom. The molecule has 0 aliphatic carbocycles. The first-order valence-electron chi connectivity index (χ1n) is 10.8. The van der Waals surface area contributed by atoms with Crippen LogP contribution in [0.4, 0.5) is 0 Å². The van der Waals surface area contributed by atoms with Crippen LogP contribution in [0.1, 0.15) is 43.9 Å². The first-order chi connectivity index (χ1) is 14.8. The van der Waals surface area contributed by atoms with Crippen LogP contribution in [0, 0.1) is 12.8 Å². The van der Waals surface area contributed by atoms with Crippen LogP contribution in [0.3, 0.4) is 0 Å². The molecule has 166 valence electrons. The second-order valence-electron chi connectivity index (χ2n) is 8.51. The van der Waals surface area contributed by atoms with Gasteiger partial charge in [-0.3, -0.25) is 9.59 Å². The minimum absolute atomic E-state index is 0.0497. The Kier molecular flexibility index (Phi) is 7.55. The summed E-state index contributed by atoms with van der Waals surface area (Å²) in [6, 6.07) is 13.2. The third kappa shape index (κ3) is 6.23. The lowest BCUT2D eigenvalue weighted by Gasteiger charge is -2.29. The number of nitrogens with zero attached hydrogens (tertiary/aromatic N) is 1. The zero-order valence-electron chi connectivity index (χ0n) is 18.8. The van der Waals surface area contributed by atoms with Gasteiger partial charge in [-0.1, -0.05) is 49.7 Å². The molecule has 3 rings (SSSR count). The highest BCUT2D eigenvalue weighted by molar-refractivity contribution is 5.87. The van der Waals surface area contributed by atoms with Crippen LogP contribution in [0.2, 0.25) is 0 Å². The summed E-state index contributed by atoms with van der Waals surface area (Å²) in [7, 11) is 0.